The summed E-state index contributed by atoms with van der Waals surface area (Å²) in [5, 5.41) is 9.14. The highest BCUT2D eigenvalue weighted by Gasteiger charge is 2.03. The Bertz CT molecular complexity index is 540. The summed E-state index contributed by atoms with van der Waals surface area (Å²) >= 11 is 0. The van der Waals surface area contributed by atoms with Gasteiger partial charge in [0.1, 0.15) is 5.82 Å². The van der Waals surface area contributed by atoms with Gasteiger partial charge in [-0.05, 0) is 25.1 Å². The topological polar surface area (TPSA) is 74.8 Å². The number of benzene rings is 1. The molecule has 1 heterocycles. The molecule has 0 atom stereocenters. The van der Waals surface area contributed by atoms with E-state index in [4.69, 9.17) is 0 Å². The fourth-order valence-corrected chi connectivity index (χ4v) is 1.53. The van der Waals surface area contributed by atoms with Crippen LogP contribution in [0, 0.1) is 6.92 Å². The maximum absolute atomic E-state index is 4.24. The number of rotatable bonds is 4. The third kappa shape index (κ3) is 2.85. The summed E-state index contributed by atoms with van der Waals surface area (Å²) in [6.45, 7) is 1.83. The molecule has 1 aromatic carbocycles. The first-order chi connectivity index (χ1) is 8.71. The first kappa shape index (κ1) is 12.1. The molecule has 1 aromatic heterocycles. The van der Waals surface area contributed by atoms with E-state index in [2.05, 4.69) is 30.9 Å². The summed E-state index contributed by atoms with van der Waals surface area (Å²) in [5.41, 5.74) is 1.95. The van der Waals surface area contributed by atoms with Gasteiger partial charge >= 0.3 is 0 Å². The molecule has 0 unspecified atom stereocenters. The Kier molecular flexibility index (Phi) is 3.57. The van der Waals surface area contributed by atoms with Gasteiger partial charge in [-0.3, -0.25) is 0 Å². The van der Waals surface area contributed by atoms with Crippen LogP contribution in [0.4, 0.5) is 23.3 Å². The minimum Gasteiger partial charge on any atom is -0.388 e. The van der Waals surface area contributed by atoms with Crippen molar-refractivity contribution in [3.05, 3.63) is 30.1 Å². The molecule has 0 amide bonds. The third-order valence-electron chi connectivity index (χ3n) is 2.38. The van der Waals surface area contributed by atoms with Crippen LogP contribution >= 0.6 is 0 Å². The van der Waals surface area contributed by atoms with Crippen molar-refractivity contribution in [2.75, 3.05) is 30.0 Å². The van der Waals surface area contributed by atoms with Gasteiger partial charge in [0.25, 0.3) is 0 Å². The van der Waals surface area contributed by atoms with Crippen LogP contribution in [0.5, 0.6) is 0 Å². The lowest BCUT2D eigenvalue weighted by Gasteiger charge is -2.08. The molecular weight excluding hydrogens is 228 g/mol. The highest BCUT2D eigenvalue weighted by Crippen LogP contribution is 2.18. The van der Waals surface area contributed by atoms with Crippen molar-refractivity contribution in [1.29, 1.82) is 0 Å². The van der Waals surface area contributed by atoms with Gasteiger partial charge in [-0.2, -0.15) is 15.0 Å². The number of hydrogen-bond donors (Lipinski definition) is 3. The molecule has 6 heteroatoms. The second kappa shape index (κ2) is 5.31. The molecular formula is C12H16N6. The SMILES string of the molecule is CNc1cccc(Nc2nc(C)nc(NC)n2)c1. The Hall–Kier alpha value is -2.37. The maximum atomic E-state index is 4.24. The van der Waals surface area contributed by atoms with Crippen LogP contribution in [0.15, 0.2) is 24.3 Å². The summed E-state index contributed by atoms with van der Waals surface area (Å²) in [7, 11) is 3.66. The molecule has 94 valence electrons. The Morgan fingerprint density at radius 1 is 0.889 bits per heavy atom. The van der Waals surface area contributed by atoms with Crippen LogP contribution in [0.1, 0.15) is 5.82 Å². The predicted octanol–water partition coefficient (Wildman–Crippen LogP) is 2.01. The van der Waals surface area contributed by atoms with Gasteiger partial charge in [-0.25, -0.2) is 0 Å². The summed E-state index contributed by atoms with van der Waals surface area (Å²) in [6, 6.07) is 7.89. The molecule has 3 N–H and O–H groups in total. The van der Waals surface area contributed by atoms with Crippen molar-refractivity contribution < 1.29 is 0 Å². The molecule has 6 nitrogen and oxygen atoms in total. The van der Waals surface area contributed by atoms with Gasteiger partial charge in [0.2, 0.25) is 11.9 Å². The van der Waals surface area contributed by atoms with Crippen molar-refractivity contribution >= 4 is 23.3 Å². The predicted molar refractivity (Wildman–Crippen MR) is 73.4 cm³/mol. The van der Waals surface area contributed by atoms with Crippen LogP contribution in [0.25, 0.3) is 0 Å². The molecule has 2 aromatic rings. The van der Waals surface area contributed by atoms with E-state index >= 15 is 0 Å². The number of nitrogens with one attached hydrogen (secondary N) is 3. The van der Waals surface area contributed by atoms with Gasteiger partial charge in [-0.1, -0.05) is 6.07 Å². The van der Waals surface area contributed by atoms with E-state index in [0.717, 1.165) is 11.4 Å². The maximum Gasteiger partial charge on any atom is 0.232 e. The molecule has 0 aliphatic carbocycles. The fourth-order valence-electron chi connectivity index (χ4n) is 1.53. The molecule has 0 aliphatic heterocycles. The minimum absolute atomic E-state index is 0.528. The molecule has 0 spiro atoms. The minimum atomic E-state index is 0.528. The first-order valence-corrected chi connectivity index (χ1v) is 5.66. The van der Waals surface area contributed by atoms with E-state index in [1.807, 2.05) is 38.2 Å². The number of aryl methyl sites for hydroxylation is 1. The molecule has 0 saturated carbocycles. The average molecular weight is 244 g/mol. The highest BCUT2D eigenvalue weighted by atomic mass is 15.2. The van der Waals surface area contributed by atoms with E-state index < -0.39 is 0 Å². The van der Waals surface area contributed by atoms with E-state index in [0.29, 0.717) is 17.7 Å². The number of anilines is 4. The third-order valence-corrected chi connectivity index (χ3v) is 2.38. The van der Waals surface area contributed by atoms with Gasteiger partial charge in [0.05, 0.1) is 0 Å². The van der Waals surface area contributed by atoms with Crippen LogP contribution in [-0.2, 0) is 0 Å². The van der Waals surface area contributed by atoms with Crippen molar-refractivity contribution in [3.8, 4) is 0 Å². The fraction of sp³-hybridized carbons (Fsp3) is 0.250. The quantitative estimate of drug-likeness (QED) is 0.764. The van der Waals surface area contributed by atoms with Crippen LogP contribution in [0.2, 0.25) is 0 Å². The summed E-state index contributed by atoms with van der Waals surface area (Å²) in [6.07, 6.45) is 0. The van der Waals surface area contributed by atoms with E-state index in [1.165, 1.54) is 0 Å². The Morgan fingerprint density at radius 2 is 1.61 bits per heavy atom. The van der Waals surface area contributed by atoms with Crippen molar-refractivity contribution in [2.45, 2.75) is 6.92 Å². The van der Waals surface area contributed by atoms with Gasteiger partial charge in [0, 0.05) is 25.5 Å². The van der Waals surface area contributed by atoms with Crippen molar-refractivity contribution in [3.63, 3.8) is 0 Å². The van der Waals surface area contributed by atoms with Gasteiger partial charge in [0.15, 0.2) is 0 Å². The van der Waals surface area contributed by atoms with Gasteiger partial charge in [-0.15, -0.1) is 0 Å². The lowest BCUT2D eigenvalue weighted by atomic mass is 10.3. The molecule has 0 aliphatic rings. The zero-order valence-corrected chi connectivity index (χ0v) is 10.7. The monoisotopic (exact) mass is 244 g/mol. The molecule has 0 fully saturated rings. The largest absolute Gasteiger partial charge is 0.388 e. The lowest BCUT2D eigenvalue weighted by Crippen LogP contribution is -2.05. The lowest BCUT2D eigenvalue weighted by molar-refractivity contribution is 0.984. The summed E-state index contributed by atoms with van der Waals surface area (Å²) < 4.78 is 0. The molecule has 0 radical (unpaired) electrons. The molecule has 2 rings (SSSR count). The van der Waals surface area contributed by atoms with Crippen molar-refractivity contribution in [2.24, 2.45) is 0 Å². The molecule has 0 bridgehead atoms. The first-order valence-electron chi connectivity index (χ1n) is 5.66. The van der Waals surface area contributed by atoms with E-state index in [9.17, 15) is 0 Å². The zero-order chi connectivity index (χ0) is 13.0. The Labute approximate surface area is 106 Å². The standard InChI is InChI=1S/C12H16N6/c1-8-15-11(14-3)18-12(16-8)17-10-6-4-5-9(7-10)13-2/h4-7,13H,1-3H3,(H2,14,15,16,17,18). The van der Waals surface area contributed by atoms with Crippen LogP contribution in [0.3, 0.4) is 0 Å². The smallest absolute Gasteiger partial charge is 0.232 e. The molecule has 0 saturated heterocycles. The Morgan fingerprint density at radius 3 is 2.33 bits per heavy atom. The summed E-state index contributed by atoms with van der Waals surface area (Å²) in [4.78, 5) is 12.6. The van der Waals surface area contributed by atoms with Crippen molar-refractivity contribution in [1.82, 2.24) is 15.0 Å². The van der Waals surface area contributed by atoms with Crippen LogP contribution in [-0.4, -0.2) is 29.0 Å². The summed E-state index contributed by atoms with van der Waals surface area (Å²) in [5.74, 6) is 1.75. The van der Waals surface area contributed by atoms with Gasteiger partial charge < -0.3 is 16.0 Å². The number of hydrogen-bond acceptors (Lipinski definition) is 6. The second-order valence-corrected chi connectivity index (χ2v) is 3.74. The van der Waals surface area contributed by atoms with E-state index in [-0.39, 0.29) is 0 Å². The highest BCUT2D eigenvalue weighted by molar-refractivity contribution is 5.61. The number of aromatic nitrogens is 3. The van der Waals surface area contributed by atoms with Crippen LogP contribution < -0.4 is 16.0 Å². The zero-order valence-electron chi connectivity index (χ0n) is 10.7. The van der Waals surface area contributed by atoms with E-state index in [1.54, 1.807) is 7.05 Å². The Balaban J connectivity index is 2.24. The second-order valence-electron chi connectivity index (χ2n) is 3.74. The molecule has 18 heavy (non-hydrogen) atoms. The average Bonchev–Trinajstić information content (AvgIpc) is 2.38. The number of nitrogens with zero attached hydrogens (tertiary/aromatic N) is 3. The normalized spacial score (nSPS) is 9.94.